The highest BCUT2D eigenvalue weighted by Gasteiger charge is 2.24. The van der Waals surface area contributed by atoms with E-state index in [4.69, 9.17) is 14.2 Å². The van der Waals surface area contributed by atoms with Gasteiger partial charge in [-0.1, -0.05) is 0 Å². The van der Waals surface area contributed by atoms with E-state index in [1.165, 1.54) is 0 Å². The molecule has 0 amide bonds. The van der Waals surface area contributed by atoms with Gasteiger partial charge in [0.05, 0.1) is 12.7 Å². The standard InChI is InChI=1S/C6H12O3/c1-5-6(3-7-2)9-4-8-5/h5-6H,3-4H2,1-2H3. The maximum atomic E-state index is 5.16. The number of rotatable bonds is 2. The summed E-state index contributed by atoms with van der Waals surface area (Å²) in [6.45, 7) is 3.02. The quantitative estimate of drug-likeness (QED) is 0.544. The average molecular weight is 132 g/mol. The highest BCUT2D eigenvalue weighted by Crippen LogP contribution is 2.11. The first-order valence-corrected chi connectivity index (χ1v) is 3.06. The average Bonchev–Trinajstić information content (AvgIpc) is 2.18. The highest BCUT2D eigenvalue weighted by molar-refractivity contribution is 4.68. The minimum atomic E-state index is 0.134. The molecule has 0 aromatic heterocycles. The number of methoxy groups -OCH3 is 1. The van der Waals surface area contributed by atoms with Crippen molar-refractivity contribution < 1.29 is 14.2 Å². The third-order valence-corrected chi connectivity index (χ3v) is 1.47. The molecule has 3 nitrogen and oxygen atoms in total. The molecule has 2 unspecified atom stereocenters. The van der Waals surface area contributed by atoms with E-state index in [1.54, 1.807) is 7.11 Å². The van der Waals surface area contributed by atoms with E-state index < -0.39 is 0 Å². The Labute approximate surface area is 54.9 Å². The lowest BCUT2D eigenvalue weighted by molar-refractivity contribution is 0.0177. The molecule has 0 bridgehead atoms. The van der Waals surface area contributed by atoms with Gasteiger partial charge in [0.1, 0.15) is 12.9 Å². The van der Waals surface area contributed by atoms with Crippen LogP contribution < -0.4 is 0 Å². The molecule has 0 aliphatic carbocycles. The van der Waals surface area contributed by atoms with Crippen LogP contribution in [0.5, 0.6) is 0 Å². The Morgan fingerprint density at radius 3 is 2.78 bits per heavy atom. The minimum absolute atomic E-state index is 0.134. The van der Waals surface area contributed by atoms with Crippen LogP contribution in [0.25, 0.3) is 0 Å². The van der Waals surface area contributed by atoms with Crippen molar-refractivity contribution in [3.63, 3.8) is 0 Å². The van der Waals surface area contributed by atoms with Crippen LogP contribution in [-0.2, 0) is 14.2 Å². The molecule has 1 heterocycles. The molecule has 1 rings (SSSR count). The number of ether oxygens (including phenoxy) is 3. The molecule has 0 radical (unpaired) electrons. The normalized spacial score (nSPS) is 35.3. The SMILES string of the molecule is COCC1OCOC1C. The van der Waals surface area contributed by atoms with Crippen molar-refractivity contribution in [3.05, 3.63) is 0 Å². The van der Waals surface area contributed by atoms with Gasteiger partial charge in [0.15, 0.2) is 0 Å². The van der Waals surface area contributed by atoms with Gasteiger partial charge < -0.3 is 14.2 Å². The fourth-order valence-corrected chi connectivity index (χ4v) is 0.825. The first-order valence-electron chi connectivity index (χ1n) is 3.06. The van der Waals surface area contributed by atoms with Crippen LogP contribution in [0, 0.1) is 0 Å². The van der Waals surface area contributed by atoms with Crippen molar-refractivity contribution in [1.29, 1.82) is 0 Å². The molecular weight excluding hydrogens is 120 g/mol. The van der Waals surface area contributed by atoms with Gasteiger partial charge in [-0.25, -0.2) is 0 Å². The largest absolute Gasteiger partial charge is 0.382 e. The lowest BCUT2D eigenvalue weighted by Gasteiger charge is -2.09. The summed E-state index contributed by atoms with van der Waals surface area (Å²) in [5.74, 6) is 0. The van der Waals surface area contributed by atoms with Crippen molar-refractivity contribution >= 4 is 0 Å². The molecule has 2 atom stereocenters. The lowest BCUT2D eigenvalue weighted by atomic mass is 10.2. The molecule has 0 aromatic carbocycles. The molecule has 3 heteroatoms. The molecule has 1 fully saturated rings. The van der Waals surface area contributed by atoms with Crippen LogP contribution >= 0.6 is 0 Å². The molecule has 1 aliphatic heterocycles. The first kappa shape index (κ1) is 6.99. The molecule has 1 saturated heterocycles. The van der Waals surface area contributed by atoms with Gasteiger partial charge in [0.25, 0.3) is 0 Å². The van der Waals surface area contributed by atoms with Crippen molar-refractivity contribution in [2.75, 3.05) is 20.5 Å². The predicted molar refractivity (Wildman–Crippen MR) is 32.2 cm³/mol. The maximum absolute atomic E-state index is 5.16. The Hall–Kier alpha value is -0.120. The Kier molecular flexibility index (Phi) is 2.45. The smallest absolute Gasteiger partial charge is 0.147 e. The molecule has 0 N–H and O–H groups in total. The van der Waals surface area contributed by atoms with Crippen LogP contribution in [-0.4, -0.2) is 32.7 Å². The van der Waals surface area contributed by atoms with Crippen molar-refractivity contribution in [2.24, 2.45) is 0 Å². The van der Waals surface area contributed by atoms with Crippen LogP contribution in [0.15, 0.2) is 0 Å². The third kappa shape index (κ3) is 1.64. The molecular formula is C6H12O3. The van der Waals surface area contributed by atoms with E-state index >= 15 is 0 Å². The second-order valence-corrected chi connectivity index (χ2v) is 2.15. The van der Waals surface area contributed by atoms with Crippen LogP contribution in [0.2, 0.25) is 0 Å². The zero-order valence-corrected chi connectivity index (χ0v) is 5.79. The van der Waals surface area contributed by atoms with E-state index in [2.05, 4.69) is 0 Å². The van der Waals surface area contributed by atoms with Gasteiger partial charge in [-0.05, 0) is 6.92 Å². The zero-order valence-electron chi connectivity index (χ0n) is 5.79. The summed E-state index contributed by atoms with van der Waals surface area (Å²) in [4.78, 5) is 0. The van der Waals surface area contributed by atoms with E-state index in [1.807, 2.05) is 6.92 Å². The van der Waals surface area contributed by atoms with Crippen molar-refractivity contribution in [3.8, 4) is 0 Å². The fourth-order valence-electron chi connectivity index (χ4n) is 0.825. The van der Waals surface area contributed by atoms with Crippen molar-refractivity contribution in [2.45, 2.75) is 19.1 Å². The summed E-state index contributed by atoms with van der Waals surface area (Å²) in [5.41, 5.74) is 0. The Morgan fingerprint density at radius 2 is 2.33 bits per heavy atom. The molecule has 1 aliphatic rings. The molecule has 0 spiro atoms. The van der Waals surface area contributed by atoms with E-state index in [-0.39, 0.29) is 12.2 Å². The summed E-state index contributed by atoms with van der Waals surface area (Å²) in [6, 6.07) is 0. The van der Waals surface area contributed by atoms with Gasteiger partial charge in [0.2, 0.25) is 0 Å². The highest BCUT2D eigenvalue weighted by atomic mass is 16.7. The lowest BCUT2D eigenvalue weighted by Crippen LogP contribution is -2.24. The molecule has 9 heavy (non-hydrogen) atoms. The minimum Gasteiger partial charge on any atom is -0.382 e. The second-order valence-electron chi connectivity index (χ2n) is 2.15. The van der Waals surface area contributed by atoms with Crippen molar-refractivity contribution in [1.82, 2.24) is 0 Å². The zero-order chi connectivity index (χ0) is 6.69. The van der Waals surface area contributed by atoms with Gasteiger partial charge in [-0.3, -0.25) is 0 Å². The van der Waals surface area contributed by atoms with E-state index in [0.717, 1.165) is 0 Å². The van der Waals surface area contributed by atoms with Gasteiger partial charge in [-0.2, -0.15) is 0 Å². The maximum Gasteiger partial charge on any atom is 0.147 e. The molecule has 0 saturated carbocycles. The Balaban J connectivity index is 2.22. The Morgan fingerprint density at radius 1 is 1.56 bits per heavy atom. The second kappa shape index (κ2) is 3.15. The van der Waals surface area contributed by atoms with Crippen LogP contribution in [0.4, 0.5) is 0 Å². The Bertz CT molecular complexity index is 84.4. The van der Waals surface area contributed by atoms with Gasteiger partial charge >= 0.3 is 0 Å². The monoisotopic (exact) mass is 132 g/mol. The first-order chi connectivity index (χ1) is 4.34. The number of hydrogen-bond donors (Lipinski definition) is 0. The summed E-state index contributed by atoms with van der Waals surface area (Å²) in [6.07, 6.45) is 0.319. The molecule has 54 valence electrons. The third-order valence-electron chi connectivity index (χ3n) is 1.47. The van der Waals surface area contributed by atoms with Gasteiger partial charge in [-0.15, -0.1) is 0 Å². The summed E-state index contributed by atoms with van der Waals surface area (Å²) < 4.78 is 15.2. The molecule has 0 aromatic rings. The van der Waals surface area contributed by atoms with E-state index in [9.17, 15) is 0 Å². The van der Waals surface area contributed by atoms with Crippen LogP contribution in [0.1, 0.15) is 6.92 Å². The number of hydrogen-bond acceptors (Lipinski definition) is 3. The summed E-state index contributed by atoms with van der Waals surface area (Å²) in [7, 11) is 1.66. The fraction of sp³-hybridized carbons (Fsp3) is 1.00. The van der Waals surface area contributed by atoms with E-state index in [0.29, 0.717) is 13.4 Å². The predicted octanol–water partition coefficient (Wildman–Crippen LogP) is 0.394. The summed E-state index contributed by atoms with van der Waals surface area (Å²) in [5, 5.41) is 0. The van der Waals surface area contributed by atoms with Gasteiger partial charge in [0, 0.05) is 7.11 Å². The van der Waals surface area contributed by atoms with Crippen LogP contribution in [0.3, 0.4) is 0 Å². The topological polar surface area (TPSA) is 27.7 Å². The summed E-state index contributed by atoms with van der Waals surface area (Å²) >= 11 is 0.